The van der Waals surface area contributed by atoms with Crippen LogP contribution in [-0.4, -0.2) is 42.1 Å². The first-order valence-electron chi connectivity index (χ1n) is 8.95. The van der Waals surface area contributed by atoms with Gasteiger partial charge in [0.25, 0.3) is 5.91 Å². The summed E-state index contributed by atoms with van der Waals surface area (Å²) >= 11 is 6.23. The van der Waals surface area contributed by atoms with Gasteiger partial charge in [-0.25, -0.2) is 8.78 Å². The Hall–Kier alpha value is -3.13. The van der Waals surface area contributed by atoms with Crippen molar-refractivity contribution in [2.75, 3.05) is 36.8 Å². The van der Waals surface area contributed by atoms with Crippen LogP contribution in [0.1, 0.15) is 10.4 Å². The lowest BCUT2D eigenvalue weighted by Gasteiger charge is -2.36. The van der Waals surface area contributed by atoms with E-state index >= 15 is 0 Å². The molecule has 2 aromatic carbocycles. The average Bonchev–Trinajstić information content (AvgIpc) is 3.11. The number of nitrogens with zero attached hydrogens (tertiary/aromatic N) is 3. The summed E-state index contributed by atoms with van der Waals surface area (Å²) in [6, 6.07) is 10.7. The molecular formula is C20H17ClF2N4O2. The van der Waals surface area contributed by atoms with Gasteiger partial charge in [-0.1, -0.05) is 35.0 Å². The number of hydrogen-bond donors (Lipinski definition) is 1. The fourth-order valence-electron chi connectivity index (χ4n) is 3.35. The summed E-state index contributed by atoms with van der Waals surface area (Å²) < 4.78 is 31.7. The number of anilines is 2. The van der Waals surface area contributed by atoms with Gasteiger partial charge in [0.05, 0.1) is 5.02 Å². The van der Waals surface area contributed by atoms with Gasteiger partial charge in [0.1, 0.15) is 11.3 Å². The van der Waals surface area contributed by atoms with Crippen LogP contribution in [0.4, 0.5) is 20.4 Å². The molecule has 1 aromatic heterocycles. The van der Waals surface area contributed by atoms with Gasteiger partial charge in [0.15, 0.2) is 11.6 Å². The average molecular weight is 419 g/mol. The van der Waals surface area contributed by atoms with Crippen LogP contribution in [0.2, 0.25) is 5.02 Å². The molecular weight excluding hydrogens is 402 g/mol. The summed E-state index contributed by atoms with van der Waals surface area (Å²) in [6.07, 6.45) is 0. The van der Waals surface area contributed by atoms with Crippen LogP contribution < -0.4 is 10.6 Å². The Morgan fingerprint density at radius 2 is 1.79 bits per heavy atom. The first kappa shape index (κ1) is 19.2. The van der Waals surface area contributed by atoms with Crippen LogP contribution in [0.15, 0.2) is 47.0 Å². The van der Waals surface area contributed by atoms with Gasteiger partial charge in [0.2, 0.25) is 5.88 Å². The minimum absolute atomic E-state index is 0.0760. The summed E-state index contributed by atoms with van der Waals surface area (Å²) in [5.41, 5.74) is 7.46. The second-order valence-corrected chi connectivity index (χ2v) is 7.04. The number of nitrogen functional groups attached to an aromatic ring is 1. The lowest BCUT2D eigenvalue weighted by atomic mass is 10.1. The van der Waals surface area contributed by atoms with Crippen molar-refractivity contribution in [3.63, 3.8) is 0 Å². The van der Waals surface area contributed by atoms with Gasteiger partial charge in [-0.05, 0) is 18.2 Å². The van der Waals surface area contributed by atoms with E-state index in [0.29, 0.717) is 48.1 Å². The smallest absolute Gasteiger partial charge is 0.261 e. The molecule has 0 aliphatic carbocycles. The Kier molecular flexibility index (Phi) is 5.10. The number of aromatic nitrogens is 1. The molecule has 0 atom stereocenters. The number of hydrogen-bond acceptors (Lipinski definition) is 5. The van der Waals surface area contributed by atoms with Crippen LogP contribution in [0.5, 0.6) is 0 Å². The highest BCUT2D eigenvalue weighted by Crippen LogP contribution is 2.33. The fraction of sp³-hybridized carbons (Fsp3) is 0.200. The van der Waals surface area contributed by atoms with E-state index in [1.165, 1.54) is 6.07 Å². The molecule has 2 N–H and O–H groups in total. The molecule has 0 unspecified atom stereocenters. The van der Waals surface area contributed by atoms with Crippen LogP contribution in [0.3, 0.4) is 0 Å². The molecule has 4 rings (SSSR count). The number of nitrogens with two attached hydrogens (primary N) is 1. The maximum Gasteiger partial charge on any atom is 0.261 e. The topological polar surface area (TPSA) is 75.6 Å². The Morgan fingerprint density at radius 1 is 1.07 bits per heavy atom. The third kappa shape index (κ3) is 3.63. The zero-order valence-corrected chi connectivity index (χ0v) is 16.0. The Morgan fingerprint density at radius 3 is 2.48 bits per heavy atom. The van der Waals surface area contributed by atoms with E-state index in [2.05, 4.69) is 5.16 Å². The summed E-state index contributed by atoms with van der Waals surface area (Å²) in [4.78, 5) is 16.6. The Bertz CT molecular complexity index is 1060. The number of piperazine rings is 1. The molecule has 0 saturated carbocycles. The second kappa shape index (κ2) is 7.71. The van der Waals surface area contributed by atoms with E-state index in [4.69, 9.17) is 21.9 Å². The van der Waals surface area contributed by atoms with E-state index in [1.807, 2.05) is 4.90 Å². The number of benzene rings is 2. The highest BCUT2D eigenvalue weighted by atomic mass is 35.5. The highest BCUT2D eigenvalue weighted by Gasteiger charge is 2.30. The molecule has 0 radical (unpaired) electrons. The van der Waals surface area contributed by atoms with Crippen molar-refractivity contribution in [1.82, 2.24) is 10.1 Å². The van der Waals surface area contributed by atoms with Gasteiger partial charge >= 0.3 is 0 Å². The van der Waals surface area contributed by atoms with Gasteiger partial charge in [0, 0.05) is 43.5 Å². The standard InChI is InChI=1S/C20H17ClF2N4O2/c21-14-4-2-1-3-13(14)18-17(19(24)29-25-18)20(28)27-9-7-26(8-10-27)12-5-6-15(22)16(23)11-12/h1-6,11H,7-10,24H2. The molecule has 1 aliphatic heterocycles. The van der Waals surface area contributed by atoms with Gasteiger partial charge in [-0.15, -0.1) is 0 Å². The summed E-state index contributed by atoms with van der Waals surface area (Å²) in [5.74, 6) is -2.18. The second-order valence-electron chi connectivity index (χ2n) is 6.63. The maximum absolute atomic E-state index is 13.5. The molecule has 6 nitrogen and oxygen atoms in total. The minimum atomic E-state index is -0.900. The molecule has 3 aromatic rings. The third-order valence-corrected chi connectivity index (χ3v) is 5.23. The molecule has 1 fully saturated rings. The zero-order chi connectivity index (χ0) is 20.5. The lowest BCUT2D eigenvalue weighted by molar-refractivity contribution is 0.0748. The molecule has 1 aliphatic rings. The van der Waals surface area contributed by atoms with Crippen LogP contribution in [-0.2, 0) is 0 Å². The quantitative estimate of drug-likeness (QED) is 0.699. The number of amides is 1. The zero-order valence-electron chi connectivity index (χ0n) is 15.2. The molecule has 0 bridgehead atoms. The molecule has 0 spiro atoms. The first-order valence-corrected chi connectivity index (χ1v) is 9.33. The van der Waals surface area contributed by atoms with Crippen molar-refractivity contribution in [3.8, 4) is 11.3 Å². The van der Waals surface area contributed by atoms with E-state index < -0.39 is 11.6 Å². The summed E-state index contributed by atoms with van der Waals surface area (Å²) in [6.45, 7) is 1.68. The van der Waals surface area contributed by atoms with Crippen molar-refractivity contribution in [2.24, 2.45) is 0 Å². The fourth-order valence-corrected chi connectivity index (χ4v) is 3.58. The monoisotopic (exact) mass is 418 g/mol. The Labute approximate surface area is 170 Å². The van der Waals surface area contributed by atoms with Crippen molar-refractivity contribution in [3.05, 3.63) is 64.7 Å². The van der Waals surface area contributed by atoms with E-state index in [-0.39, 0.29) is 17.4 Å². The minimum Gasteiger partial charge on any atom is -0.368 e. The molecule has 29 heavy (non-hydrogen) atoms. The predicted octanol–water partition coefficient (Wildman–Crippen LogP) is 3.82. The van der Waals surface area contributed by atoms with Gasteiger partial charge in [-0.3, -0.25) is 4.79 Å². The lowest BCUT2D eigenvalue weighted by Crippen LogP contribution is -2.49. The van der Waals surface area contributed by atoms with Crippen LogP contribution in [0, 0.1) is 11.6 Å². The number of halogens is 3. The molecule has 150 valence electrons. The van der Waals surface area contributed by atoms with Gasteiger partial charge < -0.3 is 20.1 Å². The van der Waals surface area contributed by atoms with Crippen LogP contribution >= 0.6 is 11.6 Å². The SMILES string of the molecule is Nc1onc(-c2ccccc2Cl)c1C(=O)N1CCN(c2ccc(F)c(F)c2)CC1. The van der Waals surface area contributed by atoms with Crippen molar-refractivity contribution in [1.29, 1.82) is 0 Å². The summed E-state index contributed by atoms with van der Waals surface area (Å²) in [7, 11) is 0. The summed E-state index contributed by atoms with van der Waals surface area (Å²) in [5, 5.41) is 4.35. The molecule has 1 saturated heterocycles. The van der Waals surface area contributed by atoms with E-state index in [1.54, 1.807) is 29.2 Å². The number of carbonyl (C=O) groups is 1. The molecule has 2 heterocycles. The normalized spacial score (nSPS) is 14.3. The van der Waals surface area contributed by atoms with Gasteiger partial charge in [-0.2, -0.15) is 0 Å². The maximum atomic E-state index is 13.5. The largest absolute Gasteiger partial charge is 0.368 e. The number of rotatable bonds is 3. The predicted molar refractivity (Wildman–Crippen MR) is 106 cm³/mol. The highest BCUT2D eigenvalue weighted by molar-refractivity contribution is 6.33. The first-order chi connectivity index (χ1) is 14.0. The Balaban J connectivity index is 1.53. The number of carbonyl (C=O) groups excluding carboxylic acids is 1. The van der Waals surface area contributed by atoms with Crippen molar-refractivity contribution < 1.29 is 18.1 Å². The van der Waals surface area contributed by atoms with E-state index in [9.17, 15) is 13.6 Å². The van der Waals surface area contributed by atoms with Crippen molar-refractivity contribution in [2.45, 2.75) is 0 Å². The molecule has 1 amide bonds. The van der Waals surface area contributed by atoms with E-state index in [0.717, 1.165) is 12.1 Å². The molecule has 9 heteroatoms. The third-order valence-electron chi connectivity index (χ3n) is 4.90. The van der Waals surface area contributed by atoms with Crippen molar-refractivity contribution >= 4 is 29.1 Å². The van der Waals surface area contributed by atoms with Crippen LogP contribution in [0.25, 0.3) is 11.3 Å².